The van der Waals surface area contributed by atoms with E-state index in [1.165, 1.54) is 14.0 Å². The number of hydrogen-bond donors (Lipinski definition) is 3. The third kappa shape index (κ3) is 2.86. The fourth-order valence-electron chi connectivity index (χ4n) is 0.897. The van der Waals surface area contributed by atoms with Gasteiger partial charge in [0.1, 0.15) is 18.3 Å². The van der Waals surface area contributed by atoms with Crippen LogP contribution in [0.4, 0.5) is 0 Å². The van der Waals surface area contributed by atoms with Crippen LogP contribution in [-0.4, -0.2) is 53.1 Å². The van der Waals surface area contributed by atoms with E-state index >= 15 is 0 Å². The molecule has 0 spiro atoms. The summed E-state index contributed by atoms with van der Waals surface area (Å²) >= 11 is 0. The quantitative estimate of drug-likeness (QED) is 0.437. The molecule has 0 bridgehead atoms. The van der Waals surface area contributed by atoms with Gasteiger partial charge in [-0.3, -0.25) is 0 Å². The molecule has 0 saturated carbocycles. The van der Waals surface area contributed by atoms with Gasteiger partial charge < -0.3 is 24.9 Å². The Hall–Kier alpha value is -0.490. The Bertz CT molecular complexity index is 136. The lowest BCUT2D eigenvalue weighted by molar-refractivity contribution is -0.137. The van der Waals surface area contributed by atoms with Gasteiger partial charge in [-0.05, 0) is 6.92 Å². The molecule has 72 valence electrons. The van der Waals surface area contributed by atoms with Crippen molar-refractivity contribution in [1.82, 2.24) is 0 Å². The van der Waals surface area contributed by atoms with Crippen molar-refractivity contribution in [1.29, 1.82) is 0 Å². The van der Waals surface area contributed by atoms with Crippen molar-refractivity contribution in [2.45, 2.75) is 31.3 Å². The van der Waals surface area contributed by atoms with Crippen molar-refractivity contribution in [2.75, 3.05) is 7.11 Å². The number of hydrogen-bond acceptors (Lipinski definition) is 5. The first-order chi connectivity index (χ1) is 5.54. The van der Waals surface area contributed by atoms with Gasteiger partial charge in [-0.25, -0.2) is 0 Å². The molecule has 5 heteroatoms. The lowest BCUT2D eigenvalue weighted by atomic mass is 10.1. The summed E-state index contributed by atoms with van der Waals surface area (Å²) in [6.07, 6.45) is -4.62. The Labute approximate surface area is 70.6 Å². The summed E-state index contributed by atoms with van der Waals surface area (Å²) in [7, 11) is 1.28. The summed E-state index contributed by atoms with van der Waals surface area (Å²) in [5.74, 6) is 0. The molecule has 4 atom stereocenters. The van der Waals surface area contributed by atoms with Crippen molar-refractivity contribution in [3.63, 3.8) is 0 Å². The molecule has 0 fully saturated rings. The fourth-order valence-corrected chi connectivity index (χ4v) is 0.897. The molecule has 5 nitrogen and oxygen atoms in total. The van der Waals surface area contributed by atoms with Crippen LogP contribution >= 0.6 is 0 Å². The normalized spacial score (nSPS) is 21.1. The van der Waals surface area contributed by atoms with Gasteiger partial charge in [0.2, 0.25) is 0 Å². The average Bonchev–Trinajstić information content (AvgIpc) is 2.03. The van der Waals surface area contributed by atoms with E-state index in [0.717, 1.165) is 0 Å². The lowest BCUT2D eigenvalue weighted by Gasteiger charge is -2.24. The molecule has 0 saturated heterocycles. The minimum atomic E-state index is -1.52. The topological polar surface area (TPSA) is 87.0 Å². The van der Waals surface area contributed by atoms with Gasteiger partial charge in [0.15, 0.2) is 6.29 Å². The molecule has 0 amide bonds. The zero-order valence-electron chi connectivity index (χ0n) is 7.04. The molecule has 0 aromatic carbocycles. The fraction of sp³-hybridized carbons (Fsp3) is 0.857. The number of rotatable bonds is 5. The van der Waals surface area contributed by atoms with Crippen LogP contribution in [0.2, 0.25) is 0 Å². The molecule has 0 rings (SSSR count). The van der Waals surface area contributed by atoms with E-state index in [1.54, 1.807) is 0 Å². The first-order valence-corrected chi connectivity index (χ1v) is 3.56. The zero-order chi connectivity index (χ0) is 9.72. The second-order valence-electron chi connectivity index (χ2n) is 2.56. The van der Waals surface area contributed by atoms with Crippen LogP contribution in [0.15, 0.2) is 0 Å². The van der Waals surface area contributed by atoms with E-state index in [2.05, 4.69) is 4.74 Å². The van der Waals surface area contributed by atoms with E-state index in [1.807, 2.05) is 0 Å². The highest BCUT2D eigenvalue weighted by Crippen LogP contribution is 2.06. The Morgan fingerprint density at radius 2 is 1.83 bits per heavy atom. The molecule has 0 heterocycles. The Kier molecular flexibility index (Phi) is 5.00. The number of ether oxygens (including phenoxy) is 1. The minimum absolute atomic E-state index is 0.194. The van der Waals surface area contributed by atoms with Gasteiger partial charge in [0.05, 0.1) is 6.10 Å². The van der Waals surface area contributed by atoms with Gasteiger partial charge >= 0.3 is 0 Å². The van der Waals surface area contributed by atoms with E-state index in [9.17, 15) is 9.90 Å². The summed E-state index contributed by atoms with van der Waals surface area (Å²) in [5.41, 5.74) is 0. The van der Waals surface area contributed by atoms with Gasteiger partial charge in [-0.15, -0.1) is 0 Å². The Morgan fingerprint density at radius 3 is 2.08 bits per heavy atom. The second-order valence-corrected chi connectivity index (χ2v) is 2.56. The van der Waals surface area contributed by atoms with Crippen molar-refractivity contribution < 1.29 is 24.9 Å². The van der Waals surface area contributed by atoms with E-state index < -0.39 is 24.4 Å². The maximum atomic E-state index is 10.0. The highest BCUT2D eigenvalue weighted by atomic mass is 16.5. The van der Waals surface area contributed by atoms with Crippen LogP contribution in [0.5, 0.6) is 0 Å². The average molecular weight is 178 g/mol. The molecular weight excluding hydrogens is 164 g/mol. The molecule has 0 unspecified atom stereocenters. The monoisotopic (exact) mass is 178 g/mol. The molecule has 3 N–H and O–H groups in total. The number of methoxy groups -OCH3 is 1. The number of aldehydes is 1. The van der Waals surface area contributed by atoms with E-state index in [4.69, 9.17) is 10.2 Å². The highest BCUT2D eigenvalue weighted by molar-refractivity contribution is 5.56. The van der Waals surface area contributed by atoms with Crippen LogP contribution < -0.4 is 0 Å². The third-order valence-electron chi connectivity index (χ3n) is 1.57. The summed E-state index contributed by atoms with van der Waals surface area (Å²) < 4.78 is 4.68. The van der Waals surface area contributed by atoms with Crippen LogP contribution in [0.25, 0.3) is 0 Å². The van der Waals surface area contributed by atoms with Gasteiger partial charge in [-0.2, -0.15) is 0 Å². The summed E-state index contributed by atoms with van der Waals surface area (Å²) in [4.78, 5) is 10.0. The Morgan fingerprint density at radius 1 is 1.33 bits per heavy atom. The van der Waals surface area contributed by atoms with Crippen LogP contribution in [0.3, 0.4) is 0 Å². The number of aliphatic hydroxyl groups excluding tert-OH is 3. The standard InChI is InChI=1S/C7H14O5/c1-4(9)7(12-2)6(11)5(10)3-8/h3-7,9-11H,1-2H3/t4-,5+,6-,7-/m1/s1. The molecular formula is C7H14O5. The lowest BCUT2D eigenvalue weighted by Crippen LogP contribution is -2.45. The van der Waals surface area contributed by atoms with Crippen molar-refractivity contribution in [3.8, 4) is 0 Å². The summed E-state index contributed by atoms with van der Waals surface area (Å²) in [6, 6.07) is 0. The number of carbonyl (C=O) groups excluding carboxylic acids is 1. The maximum absolute atomic E-state index is 10.0. The van der Waals surface area contributed by atoms with E-state index in [0.29, 0.717) is 0 Å². The molecule has 0 aromatic heterocycles. The van der Waals surface area contributed by atoms with Crippen molar-refractivity contribution >= 4 is 6.29 Å². The summed E-state index contributed by atoms with van der Waals surface area (Å²) in [6.45, 7) is 1.40. The van der Waals surface area contributed by atoms with Gasteiger partial charge in [0, 0.05) is 7.11 Å². The number of aliphatic hydroxyl groups is 3. The molecule has 0 aliphatic carbocycles. The van der Waals surface area contributed by atoms with Gasteiger partial charge in [0.25, 0.3) is 0 Å². The van der Waals surface area contributed by atoms with Crippen LogP contribution in [-0.2, 0) is 9.53 Å². The third-order valence-corrected chi connectivity index (χ3v) is 1.57. The summed E-state index contributed by atoms with van der Waals surface area (Å²) in [5, 5.41) is 27.1. The maximum Gasteiger partial charge on any atom is 0.151 e. The second kappa shape index (κ2) is 5.21. The first-order valence-electron chi connectivity index (χ1n) is 3.56. The molecule has 12 heavy (non-hydrogen) atoms. The molecule has 0 aliphatic rings. The predicted molar refractivity (Wildman–Crippen MR) is 40.6 cm³/mol. The largest absolute Gasteiger partial charge is 0.391 e. The SMILES string of the molecule is CO[C@@H]([C@H](O)[C@@H](O)C=O)[C@@H](C)O. The molecule has 0 aromatic rings. The van der Waals surface area contributed by atoms with Crippen LogP contribution in [0, 0.1) is 0 Å². The van der Waals surface area contributed by atoms with Crippen molar-refractivity contribution in [3.05, 3.63) is 0 Å². The van der Waals surface area contributed by atoms with Crippen LogP contribution in [0.1, 0.15) is 6.92 Å². The smallest absolute Gasteiger partial charge is 0.151 e. The number of carbonyl (C=O) groups is 1. The first kappa shape index (κ1) is 11.5. The zero-order valence-corrected chi connectivity index (χ0v) is 7.04. The van der Waals surface area contributed by atoms with Gasteiger partial charge in [-0.1, -0.05) is 0 Å². The molecule has 0 aliphatic heterocycles. The minimum Gasteiger partial charge on any atom is -0.391 e. The Balaban J connectivity index is 4.19. The highest BCUT2D eigenvalue weighted by Gasteiger charge is 2.29. The van der Waals surface area contributed by atoms with E-state index in [-0.39, 0.29) is 6.29 Å². The predicted octanol–water partition coefficient (Wildman–Crippen LogP) is -1.70. The van der Waals surface area contributed by atoms with Crippen molar-refractivity contribution in [2.24, 2.45) is 0 Å². The molecule has 0 radical (unpaired) electrons.